The van der Waals surface area contributed by atoms with Crippen LogP contribution in [0.3, 0.4) is 0 Å². The lowest BCUT2D eigenvalue weighted by molar-refractivity contribution is -0.153. The van der Waals surface area contributed by atoms with Crippen molar-refractivity contribution < 1.29 is 36.7 Å². The van der Waals surface area contributed by atoms with Gasteiger partial charge in [0, 0.05) is 11.5 Å². The highest BCUT2D eigenvalue weighted by atomic mass is 19.4. The number of halogens is 3. The summed E-state index contributed by atoms with van der Waals surface area (Å²) in [5, 5.41) is 4.99. The van der Waals surface area contributed by atoms with Gasteiger partial charge < -0.3 is 24.5 Å². The Morgan fingerprint density at radius 2 is 1.54 bits per heavy atom. The number of carbonyl (C=O) groups is 2. The maximum absolute atomic E-state index is 12.4. The first-order valence-electron chi connectivity index (χ1n) is 12.1. The molecule has 200 valence electrons. The van der Waals surface area contributed by atoms with Gasteiger partial charge in [0.15, 0.2) is 12.4 Å². The van der Waals surface area contributed by atoms with Crippen molar-refractivity contribution in [3.05, 3.63) is 102 Å². The zero-order valence-corrected chi connectivity index (χ0v) is 20.5. The van der Waals surface area contributed by atoms with Crippen LogP contribution in [-0.4, -0.2) is 38.1 Å². The minimum absolute atomic E-state index is 0.0134. The fourth-order valence-corrected chi connectivity index (χ4v) is 4.45. The number of ether oxygens (including phenoxy) is 2. The van der Waals surface area contributed by atoms with Gasteiger partial charge in [-0.25, -0.2) is 4.79 Å². The molecule has 10 heteroatoms. The minimum atomic E-state index is -4.46. The van der Waals surface area contributed by atoms with Crippen molar-refractivity contribution in [3.8, 4) is 28.2 Å². The summed E-state index contributed by atoms with van der Waals surface area (Å²) in [6.45, 7) is -1.48. The summed E-state index contributed by atoms with van der Waals surface area (Å²) < 4.78 is 52.9. The second-order valence-corrected chi connectivity index (χ2v) is 8.78. The number of nitrogens with one attached hydrogen (secondary N) is 2. The molecule has 4 aromatic rings. The Labute approximate surface area is 221 Å². The lowest BCUT2D eigenvalue weighted by atomic mass is 9.98. The van der Waals surface area contributed by atoms with Crippen molar-refractivity contribution in [1.29, 1.82) is 0 Å². The molecule has 39 heavy (non-hydrogen) atoms. The van der Waals surface area contributed by atoms with Crippen LogP contribution < -0.4 is 15.4 Å². The average Bonchev–Trinajstić information content (AvgIpc) is 3.54. The molecule has 0 unspecified atom stereocenters. The Bertz CT molecular complexity index is 1450. The molecule has 1 aliphatic carbocycles. The smallest absolute Gasteiger partial charge is 0.422 e. The number of hydrogen-bond donors (Lipinski definition) is 2. The molecule has 0 aliphatic heterocycles. The van der Waals surface area contributed by atoms with Crippen LogP contribution >= 0.6 is 0 Å². The molecule has 2 N–H and O–H groups in total. The molecule has 2 amide bonds. The van der Waals surface area contributed by atoms with Gasteiger partial charge >= 0.3 is 12.3 Å². The first-order chi connectivity index (χ1) is 18.8. The van der Waals surface area contributed by atoms with Gasteiger partial charge in [-0.15, -0.1) is 0 Å². The van der Waals surface area contributed by atoms with Crippen molar-refractivity contribution in [3.63, 3.8) is 0 Å². The largest absolute Gasteiger partial charge is 0.484 e. The van der Waals surface area contributed by atoms with Crippen molar-refractivity contribution in [1.82, 2.24) is 10.6 Å². The normalized spacial score (nSPS) is 12.4. The third kappa shape index (κ3) is 6.06. The SMILES string of the molecule is O=C(NCNC(=O)c1ccc(-c2cccc(OCC(F)(F)F)c2)o1)OCC1c2ccccc2-c2ccccc21. The maximum Gasteiger partial charge on any atom is 0.422 e. The van der Waals surface area contributed by atoms with Crippen LogP contribution in [-0.2, 0) is 4.74 Å². The Hall–Kier alpha value is -4.73. The van der Waals surface area contributed by atoms with E-state index in [1.165, 1.54) is 30.3 Å². The van der Waals surface area contributed by atoms with E-state index in [1.807, 2.05) is 48.5 Å². The molecule has 1 aromatic heterocycles. The lowest BCUT2D eigenvalue weighted by Gasteiger charge is -2.14. The first-order valence-corrected chi connectivity index (χ1v) is 12.1. The van der Waals surface area contributed by atoms with E-state index >= 15 is 0 Å². The fourth-order valence-electron chi connectivity index (χ4n) is 4.45. The minimum Gasteiger partial charge on any atom is -0.484 e. The van der Waals surface area contributed by atoms with Gasteiger partial charge in [0.05, 0.1) is 6.67 Å². The van der Waals surface area contributed by atoms with Crippen LogP contribution in [0.1, 0.15) is 27.6 Å². The molecule has 7 nitrogen and oxygen atoms in total. The second-order valence-electron chi connectivity index (χ2n) is 8.78. The Balaban J connectivity index is 1.11. The molecule has 0 atom stereocenters. The van der Waals surface area contributed by atoms with E-state index in [0.717, 1.165) is 22.3 Å². The molecule has 0 saturated carbocycles. The highest BCUT2D eigenvalue weighted by Crippen LogP contribution is 2.44. The van der Waals surface area contributed by atoms with Crippen LogP contribution in [0.15, 0.2) is 89.3 Å². The third-order valence-corrected chi connectivity index (χ3v) is 6.18. The monoisotopic (exact) mass is 536 g/mol. The summed E-state index contributed by atoms with van der Waals surface area (Å²) >= 11 is 0. The van der Waals surface area contributed by atoms with E-state index in [9.17, 15) is 22.8 Å². The summed E-state index contributed by atoms with van der Waals surface area (Å²) in [6.07, 6.45) is -5.15. The van der Waals surface area contributed by atoms with Crippen molar-refractivity contribution >= 4 is 12.0 Å². The summed E-state index contributed by atoms with van der Waals surface area (Å²) in [5.74, 6) is -0.441. The predicted molar refractivity (Wildman–Crippen MR) is 136 cm³/mol. The first kappa shape index (κ1) is 25.9. The maximum atomic E-state index is 12.4. The Kier molecular flexibility index (Phi) is 7.27. The summed E-state index contributed by atoms with van der Waals surface area (Å²) in [7, 11) is 0. The summed E-state index contributed by atoms with van der Waals surface area (Å²) in [5.41, 5.74) is 4.85. The predicted octanol–water partition coefficient (Wildman–Crippen LogP) is 6.11. The van der Waals surface area contributed by atoms with Gasteiger partial charge in [0.25, 0.3) is 5.91 Å². The topological polar surface area (TPSA) is 89.8 Å². The Morgan fingerprint density at radius 3 is 2.23 bits per heavy atom. The molecule has 3 aromatic carbocycles. The molecular weight excluding hydrogens is 513 g/mol. The van der Waals surface area contributed by atoms with E-state index < -0.39 is 24.8 Å². The van der Waals surface area contributed by atoms with Crippen molar-refractivity contribution in [2.75, 3.05) is 19.9 Å². The number of rotatable bonds is 8. The number of carbonyl (C=O) groups excluding carboxylic acids is 2. The molecule has 0 bridgehead atoms. The third-order valence-electron chi connectivity index (χ3n) is 6.18. The van der Waals surface area contributed by atoms with Crippen LogP contribution in [0.4, 0.5) is 18.0 Å². The number of amides is 2. The summed E-state index contributed by atoms with van der Waals surface area (Å²) in [4.78, 5) is 24.7. The van der Waals surface area contributed by atoms with Crippen LogP contribution in [0, 0.1) is 0 Å². The van der Waals surface area contributed by atoms with Crippen LogP contribution in [0.25, 0.3) is 22.5 Å². The van der Waals surface area contributed by atoms with Crippen LogP contribution in [0.2, 0.25) is 0 Å². The Morgan fingerprint density at radius 1 is 0.846 bits per heavy atom. The lowest BCUT2D eigenvalue weighted by Crippen LogP contribution is -2.37. The van der Waals surface area contributed by atoms with Gasteiger partial charge in [-0.1, -0.05) is 60.7 Å². The molecule has 0 spiro atoms. The van der Waals surface area contributed by atoms with E-state index in [0.29, 0.717) is 5.56 Å². The fraction of sp³-hybridized carbons (Fsp3) is 0.172. The average molecular weight is 537 g/mol. The molecule has 1 aliphatic rings. The molecular formula is C29H23F3N2O5. The highest BCUT2D eigenvalue weighted by Gasteiger charge is 2.29. The number of benzene rings is 3. The molecule has 0 radical (unpaired) electrons. The standard InChI is InChI=1S/C29H23F3N2O5/c30-29(31,32)16-38-19-7-5-6-18(14-19)25-12-13-26(39-25)27(35)33-17-34-28(36)37-15-24-22-10-3-1-8-20(22)21-9-2-4-11-23(21)24/h1-14,24H,15-17H2,(H,33,35)(H,34,36). The number of hydrogen-bond acceptors (Lipinski definition) is 5. The van der Waals surface area contributed by atoms with Crippen LogP contribution in [0.5, 0.6) is 5.75 Å². The van der Waals surface area contributed by atoms with Gasteiger partial charge in [-0.2, -0.15) is 13.2 Å². The van der Waals surface area contributed by atoms with Crippen molar-refractivity contribution in [2.24, 2.45) is 0 Å². The van der Waals surface area contributed by atoms with E-state index in [1.54, 1.807) is 6.07 Å². The molecule has 5 rings (SSSR count). The van der Waals surface area contributed by atoms with Gasteiger partial charge in [0.2, 0.25) is 0 Å². The van der Waals surface area contributed by atoms with E-state index in [4.69, 9.17) is 13.9 Å². The summed E-state index contributed by atoms with van der Waals surface area (Å²) in [6, 6.07) is 24.8. The number of fused-ring (bicyclic) bond motifs is 3. The highest BCUT2D eigenvalue weighted by molar-refractivity contribution is 5.92. The number of alkyl carbamates (subject to hydrolysis) is 1. The molecule has 1 heterocycles. The molecule has 0 fully saturated rings. The zero-order valence-electron chi connectivity index (χ0n) is 20.5. The molecule has 0 saturated heterocycles. The zero-order chi connectivity index (χ0) is 27.4. The second kappa shape index (κ2) is 10.9. The van der Waals surface area contributed by atoms with E-state index in [2.05, 4.69) is 10.6 Å². The van der Waals surface area contributed by atoms with E-state index in [-0.39, 0.29) is 36.5 Å². The number of alkyl halides is 3. The van der Waals surface area contributed by atoms with Gasteiger partial charge in [0.1, 0.15) is 18.1 Å². The number of furan rings is 1. The van der Waals surface area contributed by atoms with Gasteiger partial charge in [-0.05, 0) is 46.5 Å². The quantitative estimate of drug-likeness (QED) is 0.265. The van der Waals surface area contributed by atoms with Gasteiger partial charge in [-0.3, -0.25) is 4.79 Å². The van der Waals surface area contributed by atoms with Crippen molar-refractivity contribution in [2.45, 2.75) is 12.1 Å².